The normalized spacial score (nSPS) is 19.7. The molecule has 0 spiro atoms. The third kappa shape index (κ3) is 4.78. The molecule has 2 bridgehead atoms. The maximum Gasteiger partial charge on any atom is 0.246 e. The Hall–Kier alpha value is -4.99. The van der Waals surface area contributed by atoms with E-state index in [0.29, 0.717) is 17.2 Å². The van der Waals surface area contributed by atoms with Crippen molar-refractivity contribution in [2.75, 3.05) is 5.32 Å². The number of carbonyl (C=O) groups excluding carboxylic acids is 1. The molecule has 2 saturated heterocycles. The summed E-state index contributed by atoms with van der Waals surface area (Å²) < 4.78 is 14.5. The van der Waals surface area contributed by atoms with Crippen LogP contribution in [-0.4, -0.2) is 53.5 Å². The van der Waals surface area contributed by atoms with Gasteiger partial charge in [-0.25, -0.2) is 19.9 Å². The van der Waals surface area contributed by atoms with Crippen molar-refractivity contribution in [2.45, 2.75) is 50.8 Å². The first-order chi connectivity index (χ1) is 20.4. The molecule has 0 radical (unpaired) electrons. The van der Waals surface area contributed by atoms with E-state index in [2.05, 4.69) is 31.8 Å². The standard InChI is InChI=1S/C32H31N7O3/c1-4-31(40)39-21-6-7-22(39)13-24(12-21)42-30-15-25-27(16-33-30)34-17-35-32(25)37-20-5-10-29(19(2)11-20)41-23-8-9-28-26(14-23)36-18-38(28)3/h4-5,8-11,14-18,21-22,24H,1,6-7,12-13H2,2-3H3,(H,34,35,37)/t21-,22+,24?. The molecule has 212 valence electrons. The summed E-state index contributed by atoms with van der Waals surface area (Å²) in [7, 11) is 1.97. The van der Waals surface area contributed by atoms with Gasteiger partial charge in [0.1, 0.15) is 29.7 Å². The van der Waals surface area contributed by atoms with Gasteiger partial charge >= 0.3 is 0 Å². The van der Waals surface area contributed by atoms with Crippen LogP contribution in [0.4, 0.5) is 11.5 Å². The number of nitrogens with zero attached hydrogens (tertiary/aromatic N) is 6. The van der Waals surface area contributed by atoms with Crippen molar-refractivity contribution in [3.05, 3.63) is 79.5 Å². The molecular formula is C32H31N7O3. The zero-order valence-corrected chi connectivity index (χ0v) is 23.5. The Morgan fingerprint density at radius 2 is 1.86 bits per heavy atom. The molecule has 2 aliphatic rings. The van der Waals surface area contributed by atoms with Crippen LogP contribution in [0.3, 0.4) is 0 Å². The number of carbonyl (C=O) groups is 1. The highest BCUT2D eigenvalue weighted by molar-refractivity contribution is 5.91. The number of hydrogen-bond acceptors (Lipinski definition) is 8. The van der Waals surface area contributed by atoms with E-state index in [1.54, 1.807) is 12.5 Å². The number of aryl methyl sites for hydroxylation is 2. The average molecular weight is 562 g/mol. The lowest BCUT2D eigenvalue weighted by Crippen LogP contribution is -2.48. The van der Waals surface area contributed by atoms with Crippen LogP contribution < -0.4 is 14.8 Å². The zero-order valence-electron chi connectivity index (χ0n) is 23.5. The Kier molecular flexibility index (Phi) is 6.45. The van der Waals surface area contributed by atoms with Crippen molar-refractivity contribution in [3.63, 3.8) is 0 Å². The summed E-state index contributed by atoms with van der Waals surface area (Å²) in [6.45, 7) is 5.67. The fraction of sp³-hybridized carbons (Fsp3) is 0.281. The van der Waals surface area contributed by atoms with Crippen molar-refractivity contribution in [3.8, 4) is 17.4 Å². The number of nitrogens with one attached hydrogen (secondary N) is 1. The van der Waals surface area contributed by atoms with Crippen LogP contribution in [0.25, 0.3) is 21.9 Å². The monoisotopic (exact) mass is 561 g/mol. The second-order valence-electron chi connectivity index (χ2n) is 11.0. The molecule has 42 heavy (non-hydrogen) atoms. The van der Waals surface area contributed by atoms with Crippen LogP contribution in [0.5, 0.6) is 17.4 Å². The molecule has 3 atom stereocenters. The quantitative estimate of drug-likeness (QED) is 0.247. The first-order valence-electron chi connectivity index (χ1n) is 14.1. The first kappa shape index (κ1) is 25.9. The largest absolute Gasteiger partial charge is 0.474 e. The van der Waals surface area contributed by atoms with E-state index in [4.69, 9.17) is 9.47 Å². The number of imidazole rings is 1. The molecular weight excluding hydrogens is 530 g/mol. The van der Waals surface area contributed by atoms with E-state index in [1.165, 1.54) is 12.4 Å². The zero-order chi connectivity index (χ0) is 28.8. The second kappa shape index (κ2) is 10.4. The third-order valence-corrected chi connectivity index (χ3v) is 8.27. The Balaban J connectivity index is 1.08. The highest BCUT2D eigenvalue weighted by Crippen LogP contribution is 2.38. The van der Waals surface area contributed by atoms with Crippen molar-refractivity contribution < 1.29 is 14.3 Å². The molecule has 5 aromatic rings. The van der Waals surface area contributed by atoms with E-state index in [9.17, 15) is 4.79 Å². The van der Waals surface area contributed by atoms with E-state index in [0.717, 1.165) is 64.9 Å². The van der Waals surface area contributed by atoms with E-state index in [-0.39, 0.29) is 24.1 Å². The number of ether oxygens (including phenoxy) is 2. The molecule has 1 amide bonds. The number of amides is 1. The van der Waals surface area contributed by atoms with Gasteiger partial charge in [-0.2, -0.15) is 0 Å². The molecule has 2 aliphatic heterocycles. The number of hydrogen-bond donors (Lipinski definition) is 1. The van der Waals surface area contributed by atoms with Gasteiger partial charge in [-0.1, -0.05) is 6.58 Å². The molecule has 7 rings (SSSR count). The average Bonchev–Trinajstić information content (AvgIpc) is 3.49. The lowest BCUT2D eigenvalue weighted by Gasteiger charge is -2.38. The fourth-order valence-electron chi connectivity index (χ4n) is 6.25. The van der Waals surface area contributed by atoms with Gasteiger partial charge < -0.3 is 24.3 Å². The molecule has 3 aromatic heterocycles. The number of fused-ring (bicyclic) bond motifs is 4. The Morgan fingerprint density at radius 3 is 2.64 bits per heavy atom. The minimum absolute atomic E-state index is 0.00377. The van der Waals surface area contributed by atoms with Crippen LogP contribution >= 0.6 is 0 Å². The molecule has 1 unspecified atom stereocenters. The predicted molar refractivity (Wildman–Crippen MR) is 160 cm³/mol. The van der Waals surface area contributed by atoms with E-state index < -0.39 is 0 Å². The number of piperidine rings is 1. The molecule has 2 fully saturated rings. The number of benzene rings is 2. The molecule has 10 nitrogen and oxygen atoms in total. The molecule has 0 saturated carbocycles. The summed E-state index contributed by atoms with van der Waals surface area (Å²) in [6.07, 6.45) is 10.0. The van der Waals surface area contributed by atoms with Crippen molar-refractivity contribution >= 4 is 39.3 Å². The lowest BCUT2D eigenvalue weighted by molar-refractivity contribution is -0.131. The lowest BCUT2D eigenvalue weighted by atomic mass is 9.99. The molecule has 2 aromatic carbocycles. The van der Waals surface area contributed by atoms with E-state index in [1.807, 2.05) is 65.9 Å². The van der Waals surface area contributed by atoms with Gasteiger partial charge in [0.2, 0.25) is 11.8 Å². The Bertz CT molecular complexity index is 1820. The number of rotatable bonds is 7. The smallest absolute Gasteiger partial charge is 0.246 e. The summed E-state index contributed by atoms with van der Waals surface area (Å²) in [5, 5.41) is 4.24. The van der Waals surface area contributed by atoms with Gasteiger partial charge in [0.25, 0.3) is 0 Å². The van der Waals surface area contributed by atoms with Crippen LogP contribution in [0.15, 0.2) is 74.0 Å². The topological polar surface area (TPSA) is 107 Å². The van der Waals surface area contributed by atoms with Crippen LogP contribution in [0, 0.1) is 6.92 Å². The summed E-state index contributed by atoms with van der Waals surface area (Å²) in [5.41, 5.74) is 4.50. The highest BCUT2D eigenvalue weighted by Gasteiger charge is 2.43. The van der Waals surface area contributed by atoms with Gasteiger partial charge in [0.05, 0.1) is 29.1 Å². The number of pyridine rings is 1. The fourth-order valence-corrected chi connectivity index (χ4v) is 6.25. The van der Waals surface area contributed by atoms with E-state index >= 15 is 0 Å². The number of aromatic nitrogens is 5. The minimum atomic E-state index is -0.00377. The number of anilines is 2. The summed E-state index contributed by atoms with van der Waals surface area (Å²) >= 11 is 0. The maximum atomic E-state index is 12.3. The van der Waals surface area contributed by atoms with Gasteiger partial charge in [0, 0.05) is 55.2 Å². The summed E-state index contributed by atoms with van der Waals surface area (Å²) in [4.78, 5) is 32.1. The Morgan fingerprint density at radius 1 is 1.02 bits per heavy atom. The van der Waals surface area contributed by atoms with Crippen LogP contribution in [0.1, 0.15) is 31.2 Å². The second-order valence-corrected chi connectivity index (χ2v) is 11.0. The van der Waals surface area contributed by atoms with Crippen molar-refractivity contribution in [2.24, 2.45) is 7.05 Å². The van der Waals surface area contributed by atoms with Gasteiger partial charge in [-0.05, 0) is 61.7 Å². The highest BCUT2D eigenvalue weighted by atomic mass is 16.5. The molecule has 5 heterocycles. The molecule has 0 aliphatic carbocycles. The maximum absolute atomic E-state index is 12.3. The summed E-state index contributed by atoms with van der Waals surface area (Å²) in [5.74, 6) is 2.69. The summed E-state index contributed by atoms with van der Waals surface area (Å²) in [6, 6.07) is 14.1. The van der Waals surface area contributed by atoms with Crippen molar-refractivity contribution in [1.82, 2.24) is 29.4 Å². The molecule has 1 N–H and O–H groups in total. The van der Waals surface area contributed by atoms with Crippen LogP contribution in [0.2, 0.25) is 0 Å². The SMILES string of the molecule is C=CC(=O)N1[C@@H]2CC[C@H]1CC(Oc1cc3c(Nc4ccc(Oc5ccc6c(c5)ncn6C)c(C)c4)ncnc3cn1)C2. The Labute approximate surface area is 243 Å². The predicted octanol–water partition coefficient (Wildman–Crippen LogP) is 5.84. The van der Waals surface area contributed by atoms with Crippen LogP contribution in [-0.2, 0) is 11.8 Å². The third-order valence-electron chi connectivity index (χ3n) is 8.27. The van der Waals surface area contributed by atoms with Crippen molar-refractivity contribution in [1.29, 1.82) is 0 Å². The van der Waals surface area contributed by atoms with Gasteiger partial charge in [0.15, 0.2) is 0 Å². The molecule has 10 heteroatoms. The minimum Gasteiger partial charge on any atom is -0.474 e. The van der Waals surface area contributed by atoms with Gasteiger partial charge in [-0.15, -0.1) is 0 Å². The van der Waals surface area contributed by atoms with Gasteiger partial charge in [-0.3, -0.25) is 4.79 Å². The first-order valence-corrected chi connectivity index (χ1v) is 14.1.